The van der Waals surface area contributed by atoms with Gasteiger partial charge in [-0.1, -0.05) is 0 Å². The Hall–Kier alpha value is -0.640. The van der Waals surface area contributed by atoms with Crippen molar-refractivity contribution >= 4 is 48.0 Å². The smallest absolute Gasteiger partial charge is 0.407 e. The lowest BCUT2D eigenvalue weighted by molar-refractivity contribution is 0.103. The Morgan fingerprint density at radius 3 is 2.29 bits per heavy atom. The van der Waals surface area contributed by atoms with E-state index in [0.717, 1.165) is 30.2 Å². The normalized spacial score (nSPS) is 20.6. The predicted octanol–water partition coefficient (Wildman–Crippen LogP) is 4.82. The van der Waals surface area contributed by atoms with Gasteiger partial charge in [0.2, 0.25) is 10.0 Å². The quantitative estimate of drug-likeness (QED) is 0.542. The number of ether oxygens (including phenoxy) is 1. The lowest BCUT2D eigenvalue weighted by atomic mass is 9.82. The summed E-state index contributed by atoms with van der Waals surface area (Å²) in [6.07, 6.45) is 3.31. The van der Waals surface area contributed by atoms with E-state index in [0.29, 0.717) is 29.5 Å². The maximum absolute atomic E-state index is 12.5. The first-order valence-corrected chi connectivity index (χ1v) is 12.4. The summed E-state index contributed by atoms with van der Waals surface area (Å²) in [6.45, 7) is 6.57. The van der Waals surface area contributed by atoms with E-state index in [1.165, 1.54) is 0 Å². The molecule has 1 fully saturated rings. The van der Waals surface area contributed by atoms with Crippen LogP contribution in [-0.2, 0) is 14.8 Å². The first-order valence-electron chi connectivity index (χ1n) is 9.36. The van der Waals surface area contributed by atoms with Crippen LogP contribution in [0.15, 0.2) is 32.0 Å². The molecular weight excluding hydrogens is 512 g/mol. The summed E-state index contributed by atoms with van der Waals surface area (Å²) in [4.78, 5) is 12.0. The molecule has 6 nitrogen and oxygen atoms in total. The molecular formula is C19H28Br2N2O4S. The third-order valence-corrected chi connectivity index (χ3v) is 7.96. The van der Waals surface area contributed by atoms with Crippen LogP contribution in [0.4, 0.5) is 4.79 Å². The topological polar surface area (TPSA) is 84.5 Å². The first kappa shape index (κ1) is 23.6. The standard InChI is InChI=1S/C19H28Br2N2O4S/c1-19(2,3)23-18(24)27-12-14-6-4-13(5-7-14)11-22-28(25,26)15-8-9-16(20)17(21)10-15/h8-10,13-14,22H,4-7,11-12H2,1-3H3,(H,23,24). The zero-order chi connectivity index (χ0) is 20.9. The molecule has 0 aliphatic heterocycles. The summed E-state index contributed by atoms with van der Waals surface area (Å²) in [5.41, 5.74) is -0.309. The van der Waals surface area contributed by atoms with Gasteiger partial charge >= 0.3 is 6.09 Å². The van der Waals surface area contributed by atoms with Crippen molar-refractivity contribution in [1.29, 1.82) is 0 Å². The molecule has 2 N–H and O–H groups in total. The highest BCUT2D eigenvalue weighted by Gasteiger charge is 2.25. The Morgan fingerprint density at radius 2 is 1.71 bits per heavy atom. The largest absolute Gasteiger partial charge is 0.449 e. The zero-order valence-electron chi connectivity index (χ0n) is 16.4. The summed E-state index contributed by atoms with van der Waals surface area (Å²) in [7, 11) is -3.53. The van der Waals surface area contributed by atoms with E-state index in [9.17, 15) is 13.2 Å². The Balaban J connectivity index is 1.75. The van der Waals surface area contributed by atoms with Gasteiger partial charge in [-0.3, -0.25) is 0 Å². The summed E-state index contributed by atoms with van der Waals surface area (Å²) < 4.78 is 34.5. The van der Waals surface area contributed by atoms with Crippen LogP contribution in [-0.4, -0.2) is 33.2 Å². The lowest BCUT2D eigenvalue weighted by Crippen LogP contribution is -2.41. The van der Waals surface area contributed by atoms with E-state index in [2.05, 4.69) is 41.9 Å². The lowest BCUT2D eigenvalue weighted by Gasteiger charge is -2.28. The molecule has 0 spiro atoms. The van der Waals surface area contributed by atoms with Gasteiger partial charge in [-0.15, -0.1) is 0 Å². The van der Waals surface area contributed by atoms with Crippen LogP contribution in [0.5, 0.6) is 0 Å². The number of alkyl carbamates (subject to hydrolysis) is 1. The van der Waals surface area contributed by atoms with Crippen LogP contribution in [0.25, 0.3) is 0 Å². The first-order chi connectivity index (χ1) is 13.0. The maximum atomic E-state index is 12.5. The van der Waals surface area contributed by atoms with Crippen LogP contribution >= 0.6 is 31.9 Å². The van der Waals surface area contributed by atoms with Crippen LogP contribution < -0.4 is 10.0 Å². The molecule has 0 heterocycles. The number of nitrogens with one attached hydrogen (secondary N) is 2. The van der Waals surface area contributed by atoms with Crippen molar-refractivity contribution in [2.75, 3.05) is 13.2 Å². The van der Waals surface area contributed by atoms with E-state index in [1.807, 2.05) is 20.8 Å². The number of hydrogen-bond acceptors (Lipinski definition) is 4. The van der Waals surface area contributed by atoms with Crippen LogP contribution in [0.3, 0.4) is 0 Å². The molecule has 0 aromatic heterocycles. The molecule has 1 amide bonds. The van der Waals surface area contributed by atoms with Gasteiger partial charge in [0.1, 0.15) is 0 Å². The molecule has 2 rings (SSSR count). The van der Waals surface area contributed by atoms with Crippen LogP contribution in [0, 0.1) is 11.8 Å². The number of carbonyl (C=O) groups excluding carboxylic acids is 1. The summed E-state index contributed by atoms with van der Waals surface area (Å²) >= 11 is 6.68. The molecule has 0 saturated heterocycles. The number of carbonyl (C=O) groups is 1. The number of hydrogen-bond donors (Lipinski definition) is 2. The molecule has 9 heteroatoms. The van der Waals surface area contributed by atoms with Gasteiger partial charge in [0.15, 0.2) is 0 Å². The number of sulfonamides is 1. The fourth-order valence-corrected chi connectivity index (χ4v) is 5.01. The van der Waals surface area contributed by atoms with Crippen molar-refractivity contribution in [3.05, 3.63) is 27.1 Å². The van der Waals surface area contributed by atoms with Crippen molar-refractivity contribution in [2.45, 2.75) is 56.9 Å². The van der Waals surface area contributed by atoms with Crippen molar-refractivity contribution < 1.29 is 17.9 Å². The van der Waals surface area contributed by atoms with Gasteiger partial charge in [-0.2, -0.15) is 0 Å². The molecule has 1 aromatic carbocycles. The van der Waals surface area contributed by atoms with Gasteiger partial charge in [0.05, 0.1) is 11.5 Å². The highest BCUT2D eigenvalue weighted by molar-refractivity contribution is 9.13. The minimum Gasteiger partial charge on any atom is -0.449 e. The molecule has 0 radical (unpaired) electrons. The van der Waals surface area contributed by atoms with Crippen molar-refractivity contribution in [3.63, 3.8) is 0 Å². The Kier molecular flexibility index (Phi) is 8.37. The molecule has 1 aliphatic rings. The molecule has 158 valence electrons. The second kappa shape index (κ2) is 9.91. The van der Waals surface area contributed by atoms with E-state index < -0.39 is 10.0 Å². The molecule has 28 heavy (non-hydrogen) atoms. The Labute approximate surface area is 184 Å². The summed E-state index contributed by atoms with van der Waals surface area (Å²) in [5, 5.41) is 2.78. The highest BCUT2D eigenvalue weighted by Crippen LogP contribution is 2.29. The van der Waals surface area contributed by atoms with Crippen molar-refractivity contribution in [1.82, 2.24) is 10.0 Å². The van der Waals surface area contributed by atoms with Gasteiger partial charge < -0.3 is 10.1 Å². The molecule has 1 saturated carbocycles. The average Bonchev–Trinajstić information content (AvgIpc) is 2.60. The monoisotopic (exact) mass is 538 g/mol. The third kappa shape index (κ3) is 7.65. The van der Waals surface area contributed by atoms with Crippen molar-refractivity contribution in [2.24, 2.45) is 11.8 Å². The van der Waals surface area contributed by atoms with Gasteiger partial charge in [-0.25, -0.2) is 17.9 Å². The average molecular weight is 540 g/mol. The van der Waals surface area contributed by atoms with Gasteiger partial charge in [-0.05, 0) is 108 Å². The summed E-state index contributed by atoms with van der Waals surface area (Å²) in [6, 6.07) is 4.87. The highest BCUT2D eigenvalue weighted by atomic mass is 79.9. The SMILES string of the molecule is CC(C)(C)NC(=O)OCC1CCC(CNS(=O)(=O)c2ccc(Br)c(Br)c2)CC1. The second-order valence-electron chi connectivity index (χ2n) is 8.29. The minimum atomic E-state index is -3.53. The fourth-order valence-electron chi connectivity index (χ4n) is 3.09. The van der Waals surface area contributed by atoms with E-state index in [4.69, 9.17) is 4.74 Å². The van der Waals surface area contributed by atoms with Gasteiger partial charge in [0, 0.05) is 21.0 Å². The van der Waals surface area contributed by atoms with E-state index in [-0.39, 0.29) is 16.5 Å². The number of rotatable bonds is 6. The fraction of sp³-hybridized carbons (Fsp3) is 0.632. The summed E-state index contributed by atoms with van der Waals surface area (Å²) in [5.74, 6) is 0.634. The Morgan fingerprint density at radius 1 is 1.11 bits per heavy atom. The van der Waals surface area contributed by atoms with E-state index >= 15 is 0 Å². The number of amides is 1. The van der Waals surface area contributed by atoms with E-state index in [1.54, 1.807) is 18.2 Å². The maximum Gasteiger partial charge on any atom is 0.407 e. The number of benzene rings is 1. The molecule has 1 aliphatic carbocycles. The van der Waals surface area contributed by atoms with Crippen LogP contribution in [0.2, 0.25) is 0 Å². The zero-order valence-corrected chi connectivity index (χ0v) is 20.4. The second-order valence-corrected chi connectivity index (χ2v) is 11.8. The predicted molar refractivity (Wildman–Crippen MR) is 117 cm³/mol. The Bertz CT molecular complexity index is 786. The van der Waals surface area contributed by atoms with Crippen molar-refractivity contribution in [3.8, 4) is 0 Å². The molecule has 0 bridgehead atoms. The number of halogens is 2. The molecule has 1 aromatic rings. The third-order valence-electron chi connectivity index (χ3n) is 4.66. The molecule has 0 unspecified atom stereocenters. The molecule has 0 atom stereocenters. The minimum absolute atomic E-state index is 0.245. The van der Waals surface area contributed by atoms with Gasteiger partial charge in [0.25, 0.3) is 0 Å². The van der Waals surface area contributed by atoms with Crippen LogP contribution in [0.1, 0.15) is 46.5 Å².